The van der Waals surface area contributed by atoms with Gasteiger partial charge < -0.3 is 4.74 Å². The number of aromatic nitrogens is 1. The van der Waals surface area contributed by atoms with Crippen LogP contribution >= 0.6 is 34.9 Å². The number of aryl methyl sites for hydroxylation is 1. The normalized spacial score (nSPS) is 15.3. The molecule has 23 heavy (non-hydrogen) atoms. The Morgan fingerprint density at radius 1 is 1.30 bits per heavy atom. The van der Waals surface area contributed by atoms with Crippen LogP contribution in [0.2, 0.25) is 0 Å². The van der Waals surface area contributed by atoms with Crippen molar-refractivity contribution in [2.45, 2.75) is 17.9 Å². The fourth-order valence-corrected chi connectivity index (χ4v) is 5.72. The number of carbonyl (C=O) groups is 1. The molecule has 122 valence electrons. The molecule has 0 spiro atoms. The molecule has 1 aliphatic rings. The minimum Gasteiger partial charge on any atom is -0.484 e. The third-order valence-electron chi connectivity index (χ3n) is 3.21. The van der Waals surface area contributed by atoms with Gasteiger partial charge >= 0.3 is 0 Å². The molecule has 0 unspecified atom stereocenters. The number of thioether (sulfide) groups is 2. The van der Waals surface area contributed by atoms with Gasteiger partial charge in [0.2, 0.25) is 0 Å². The maximum atomic E-state index is 11.8. The Labute approximate surface area is 148 Å². The number of ether oxygens (including phenoxy) is 1. The highest BCUT2D eigenvalue weighted by molar-refractivity contribution is 8.16. The van der Waals surface area contributed by atoms with Crippen molar-refractivity contribution in [1.29, 1.82) is 0 Å². The van der Waals surface area contributed by atoms with Crippen molar-refractivity contribution in [1.82, 2.24) is 4.98 Å². The van der Waals surface area contributed by atoms with E-state index in [-0.39, 0.29) is 12.5 Å². The zero-order valence-electron chi connectivity index (χ0n) is 12.8. The Bertz CT molecular complexity index is 652. The highest BCUT2D eigenvalue weighted by Gasteiger charge is 2.16. The highest BCUT2D eigenvalue weighted by atomic mass is 32.2. The van der Waals surface area contributed by atoms with Crippen molar-refractivity contribution >= 4 is 45.9 Å². The van der Waals surface area contributed by atoms with E-state index in [1.165, 1.54) is 34.8 Å². The Kier molecular flexibility index (Phi) is 5.85. The van der Waals surface area contributed by atoms with Crippen molar-refractivity contribution in [2.24, 2.45) is 0 Å². The van der Waals surface area contributed by atoms with Gasteiger partial charge in [0.25, 0.3) is 5.91 Å². The smallest absolute Gasteiger partial charge is 0.264 e. The summed E-state index contributed by atoms with van der Waals surface area (Å²) in [4.78, 5) is 16.0. The van der Waals surface area contributed by atoms with Gasteiger partial charge in [-0.05, 0) is 42.5 Å². The molecule has 1 aliphatic heterocycles. The molecule has 3 rings (SSSR count). The van der Waals surface area contributed by atoms with Crippen LogP contribution in [0.5, 0.6) is 5.75 Å². The number of hydrogen-bond donors (Lipinski definition) is 1. The summed E-state index contributed by atoms with van der Waals surface area (Å²) in [6.45, 7) is 1.89. The van der Waals surface area contributed by atoms with Crippen LogP contribution in [0, 0.1) is 6.92 Å². The minimum atomic E-state index is -0.193. The average Bonchev–Trinajstić information content (AvgIpc) is 2.99. The van der Waals surface area contributed by atoms with E-state index in [0.717, 1.165) is 5.69 Å². The fraction of sp³-hybridized carbons (Fsp3) is 0.375. The number of rotatable bonds is 5. The van der Waals surface area contributed by atoms with Gasteiger partial charge in [-0.15, -0.1) is 34.9 Å². The molecule has 1 N–H and O–H groups in total. The molecule has 0 saturated carbocycles. The predicted octanol–water partition coefficient (Wildman–Crippen LogP) is 4.34. The van der Waals surface area contributed by atoms with Crippen molar-refractivity contribution in [3.8, 4) is 5.75 Å². The number of nitrogens with zero attached hydrogens (tertiary/aromatic N) is 1. The second kappa shape index (κ2) is 8.08. The lowest BCUT2D eigenvalue weighted by Gasteiger charge is -2.21. The van der Waals surface area contributed by atoms with Gasteiger partial charge in [0.15, 0.2) is 11.7 Å². The summed E-state index contributed by atoms with van der Waals surface area (Å²) in [5, 5.41) is 5.24. The average molecular weight is 367 g/mol. The van der Waals surface area contributed by atoms with E-state index >= 15 is 0 Å². The van der Waals surface area contributed by atoms with E-state index in [4.69, 9.17) is 4.74 Å². The molecular weight excluding hydrogens is 348 g/mol. The van der Waals surface area contributed by atoms with Crippen LogP contribution in [-0.4, -0.2) is 29.0 Å². The molecule has 1 fully saturated rings. The second-order valence-corrected chi connectivity index (χ2v) is 8.71. The summed E-state index contributed by atoms with van der Waals surface area (Å²) in [6, 6.07) is 8.05. The molecular formula is C16H18N2O2S3. The summed E-state index contributed by atoms with van der Waals surface area (Å²) < 4.78 is 6.06. The number of anilines is 1. The molecule has 4 nitrogen and oxygen atoms in total. The van der Waals surface area contributed by atoms with Crippen LogP contribution in [0.4, 0.5) is 5.13 Å². The van der Waals surface area contributed by atoms with Gasteiger partial charge in [-0.1, -0.05) is 12.1 Å². The SMILES string of the molecule is Cc1csc(NC(=O)COc2ccc(C3SCCCS3)cc2)n1. The maximum absolute atomic E-state index is 11.8. The molecule has 2 aromatic rings. The van der Waals surface area contributed by atoms with Gasteiger partial charge in [-0.3, -0.25) is 10.1 Å². The fourth-order valence-electron chi connectivity index (χ4n) is 2.12. The van der Waals surface area contributed by atoms with Crippen molar-refractivity contribution in [3.05, 3.63) is 40.9 Å². The first kappa shape index (κ1) is 16.7. The van der Waals surface area contributed by atoms with Gasteiger partial charge in [0.05, 0.1) is 10.3 Å². The van der Waals surface area contributed by atoms with E-state index in [0.29, 0.717) is 15.5 Å². The molecule has 1 amide bonds. The van der Waals surface area contributed by atoms with Crippen LogP contribution in [-0.2, 0) is 4.79 Å². The van der Waals surface area contributed by atoms with Crippen LogP contribution < -0.4 is 10.1 Å². The number of hydrogen-bond acceptors (Lipinski definition) is 6. The molecule has 0 bridgehead atoms. The quantitative estimate of drug-likeness (QED) is 0.853. The number of benzene rings is 1. The topological polar surface area (TPSA) is 51.2 Å². The van der Waals surface area contributed by atoms with Crippen molar-refractivity contribution in [2.75, 3.05) is 23.4 Å². The zero-order valence-corrected chi connectivity index (χ0v) is 15.2. The summed E-state index contributed by atoms with van der Waals surface area (Å²) >= 11 is 5.41. The third kappa shape index (κ3) is 4.89. The highest BCUT2D eigenvalue weighted by Crippen LogP contribution is 2.43. The summed E-state index contributed by atoms with van der Waals surface area (Å²) in [5.74, 6) is 2.98. The third-order valence-corrected chi connectivity index (χ3v) is 7.11. The van der Waals surface area contributed by atoms with Gasteiger partial charge in [-0.25, -0.2) is 4.98 Å². The molecule has 1 saturated heterocycles. The summed E-state index contributed by atoms with van der Waals surface area (Å²) in [7, 11) is 0. The molecule has 7 heteroatoms. The molecule has 0 radical (unpaired) electrons. The van der Waals surface area contributed by atoms with Crippen LogP contribution in [0.3, 0.4) is 0 Å². The van der Waals surface area contributed by atoms with Crippen molar-refractivity contribution in [3.63, 3.8) is 0 Å². The molecule has 2 heterocycles. The van der Waals surface area contributed by atoms with Gasteiger partial charge in [-0.2, -0.15) is 0 Å². The molecule has 1 aromatic carbocycles. The Morgan fingerprint density at radius 2 is 2.04 bits per heavy atom. The number of carbonyl (C=O) groups excluding carboxylic acids is 1. The van der Waals surface area contributed by atoms with E-state index in [2.05, 4.69) is 22.4 Å². The number of thiazole rings is 1. The Morgan fingerprint density at radius 3 is 2.70 bits per heavy atom. The monoisotopic (exact) mass is 366 g/mol. The Balaban J connectivity index is 1.49. The largest absolute Gasteiger partial charge is 0.484 e. The zero-order chi connectivity index (χ0) is 16.1. The molecule has 0 aliphatic carbocycles. The molecule has 1 aromatic heterocycles. The predicted molar refractivity (Wildman–Crippen MR) is 99.7 cm³/mol. The first-order valence-corrected chi connectivity index (χ1v) is 10.4. The van der Waals surface area contributed by atoms with Crippen LogP contribution in [0.1, 0.15) is 22.3 Å². The Hall–Kier alpha value is -1.18. The second-order valence-electron chi connectivity index (χ2n) is 5.13. The van der Waals surface area contributed by atoms with E-state index in [1.54, 1.807) is 0 Å². The minimum absolute atomic E-state index is 0.00902. The first-order valence-electron chi connectivity index (χ1n) is 7.38. The molecule has 0 atom stereocenters. The lowest BCUT2D eigenvalue weighted by molar-refractivity contribution is -0.118. The summed E-state index contributed by atoms with van der Waals surface area (Å²) in [5.41, 5.74) is 2.22. The van der Waals surface area contributed by atoms with Crippen molar-refractivity contribution < 1.29 is 9.53 Å². The summed E-state index contributed by atoms with van der Waals surface area (Å²) in [6.07, 6.45) is 1.29. The van der Waals surface area contributed by atoms with E-state index in [1.807, 2.05) is 48.0 Å². The van der Waals surface area contributed by atoms with E-state index in [9.17, 15) is 4.79 Å². The van der Waals surface area contributed by atoms with Crippen LogP contribution in [0.15, 0.2) is 29.6 Å². The number of nitrogens with one attached hydrogen (secondary N) is 1. The maximum Gasteiger partial charge on any atom is 0.264 e. The lowest BCUT2D eigenvalue weighted by atomic mass is 10.2. The first-order chi connectivity index (χ1) is 11.2. The van der Waals surface area contributed by atoms with Crippen LogP contribution in [0.25, 0.3) is 0 Å². The van der Waals surface area contributed by atoms with Gasteiger partial charge in [0, 0.05) is 5.38 Å². The lowest BCUT2D eigenvalue weighted by Crippen LogP contribution is -2.20. The van der Waals surface area contributed by atoms with E-state index < -0.39 is 0 Å². The number of amides is 1. The standard InChI is InChI=1S/C16H18N2O2S3/c1-11-10-23-16(17-11)18-14(19)9-20-13-5-3-12(4-6-13)15-21-7-2-8-22-15/h3-6,10,15H,2,7-9H2,1H3,(H,17,18,19). The van der Waals surface area contributed by atoms with Gasteiger partial charge in [0.1, 0.15) is 5.75 Å².